The lowest BCUT2D eigenvalue weighted by molar-refractivity contribution is 0.0862. The summed E-state index contributed by atoms with van der Waals surface area (Å²) in [7, 11) is 0. The monoisotopic (exact) mass is 257 g/mol. The van der Waals surface area contributed by atoms with Crippen molar-refractivity contribution in [1.29, 1.82) is 0 Å². The molecule has 0 spiro atoms. The van der Waals surface area contributed by atoms with E-state index >= 15 is 0 Å². The first-order valence-electron chi connectivity index (χ1n) is 6.28. The Bertz CT molecular complexity index is 565. The predicted octanol–water partition coefficient (Wildman–Crippen LogP) is 2.04. The average Bonchev–Trinajstić information content (AvgIpc) is 2.93. The van der Waals surface area contributed by atoms with Crippen LogP contribution in [0, 0.1) is 0 Å². The van der Waals surface area contributed by atoms with Crippen LogP contribution in [-0.2, 0) is 24.4 Å². The Morgan fingerprint density at radius 3 is 2.95 bits per heavy atom. The molecule has 0 N–H and O–H groups in total. The zero-order valence-electron chi connectivity index (χ0n) is 10.5. The molecule has 1 aliphatic rings. The maximum absolute atomic E-state index is 12.0. The third kappa shape index (κ3) is 2.59. The van der Waals surface area contributed by atoms with Gasteiger partial charge >= 0.3 is 6.09 Å². The van der Waals surface area contributed by atoms with E-state index in [-0.39, 0.29) is 6.09 Å². The zero-order valence-corrected chi connectivity index (χ0v) is 10.5. The van der Waals surface area contributed by atoms with Gasteiger partial charge in [-0.05, 0) is 5.56 Å². The summed E-state index contributed by atoms with van der Waals surface area (Å²) in [5, 5.41) is 0. The number of carbonyl (C=O) groups excluding carboxylic acids is 1. The normalized spacial score (nSPS) is 14.0. The van der Waals surface area contributed by atoms with Crippen LogP contribution in [0.5, 0.6) is 0 Å². The van der Waals surface area contributed by atoms with Crippen molar-refractivity contribution in [2.45, 2.75) is 19.7 Å². The van der Waals surface area contributed by atoms with E-state index in [0.29, 0.717) is 19.7 Å². The van der Waals surface area contributed by atoms with E-state index in [1.165, 1.54) is 0 Å². The standard InChI is InChI=1S/C14H15N3O2/c18-14(19-11-12-4-2-1-3-5-12)17-9-8-16-7-6-15-13(16)10-17/h1-7H,8-11H2. The van der Waals surface area contributed by atoms with E-state index in [4.69, 9.17) is 4.74 Å². The van der Waals surface area contributed by atoms with Crippen molar-refractivity contribution in [2.24, 2.45) is 0 Å². The van der Waals surface area contributed by atoms with Crippen LogP contribution < -0.4 is 0 Å². The number of nitrogens with zero attached hydrogens (tertiary/aromatic N) is 3. The van der Waals surface area contributed by atoms with Gasteiger partial charge in [0.1, 0.15) is 12.4 Å². The van der Waals surface area contributed by atoms with Crippen LogP contribution in [0.3, 0.4) is 0 Å². The molecule has 0 radical (unpaired) electrons. The maximum atomic E-state index is 12.0. The number of hydrogen-bond acceptors (Lipinski definition) is 3. The first kappa shape index (κ1) is 11.8. The molecule has 0 aliphatic carbocycles. The van der Waals surface area contributed by atoms with Crippen LogP contribution in [-0.4, -0.2) is 27.1 Å². The summed E-state index contributed by atoms with van der Waals surface area (Å²) in [5.41, 5.74) is 0.995. The summed E-state index contributed by atoms with van der Waals surface area (Å²) in [6.45, 7) is 2.26. The van der Waals surface area contributed by atoms with Gasteiger partial charge in [0.05, 0.1) is 6.54 Å². The largest absolute Gasteiger partial charge is 0.445 e. The number of amides is 1. The van der Waals surface area contributed by atoms with Crippen LogP contribution in [0.1, 0.15) is 11.4 Å². The van der Waals surface area contributed by atoms with Gasteiger partial charge in [-0.25, -0.2) is 9.78 Å². The number of aromatic nitrogens is 2. The molecule has 1 aromatic heterocycles. The molecular formula is C14H15N3O2. The molecule has 98 valence electrons. The van der Waals surface area contributed by atoms with E-state index in [0.717, 1.165) is 17.9 Å². The second-order valence-corrected chi connectivity index (χ2v) is 4.50. The van der Waals surface area contributed by atoms with Crippen molar-refractivity contribution in [2.75, 3.05) is 6.54 Å². The van der Waals surface area contributed by atoms with Gasteiger partial charge in [-0.1, -0.05) is 30.3 Å². The first-order valence-corrected chi connectivity index (χ1v) is 6.28. The van der Waals surface area contributed by atoms with E-state index in [9.17, 15) is 4.79 Å². The van der Waals surface area contributed by atoms with Crippen molar-refractivity contribution < 1.29 is 9.53 Å². The molecule has 0 fully saturated rings. The van der Waals surface area contributed by atoms with Gasteiger partial charge < -0.3 is 9.30 Å². The number of imidazole rings is 1. The van der Waals surface area contributed by atoms with Crippen LogP contribution >= 0.6 is 0 Å². The SMILES string of the molecule is O=C(OCc1ccccc1)N1CCn2ccnc2C1. The highest BCUT2D eigenvalue weighted by atomic mass is 16.6. The molecule has 5 nitrogen and oxygen atoms in total. The maximum Gasteiger partial charge on any atom is 0.410 e. The minimum absolute atomic E-state index is 0.280. The minimum Gasteiger partial charge on any atom is -0.445 e. The summed E-state index contributed by atoms with van der Waals surface area (Å²) >= 11 is 0. The molecule has 0 unspecified atom stereocenters. The minimum atomic E-state index is -0.280. The van der Waals surface area contributed by atoms with Gasteiger partial charge in [0, 0.05) is 25.5 Å². The van der Waals surface area contributed by atoms with Crippen molar-refractivity contribution in [1.82, 2.24) is 14.5 Å². The molecule has 0 bridgehead atoms. The Morgan fingerprint density at radius 2 is 2.11 bits per heavy atom. The molecule has 1 aliphatic heterocycles. The van der Waals surface area contributed by atoms with Crippen molar-refractivity contribution in [3.63, 3.8) is 0 Å². The topological polar surface area (TPSA) is 47.4 Å². The van der Waals surface area contributed by atoms with Gasteiger partial charge in [-0.3, -0.25) is 4.90 Å². The Labute approximate surface area is 111 Å². The molecule has 0 atom stereocenters. The Hall–Kier alpha value is -2.30. The molecule has 3 rings (SSSR count). The molecule has 2 heterocycles. The smallest absolute Gasteiger partial charge is 0.410 e. The average molecular weight is 257 g/mol. The van der Waals surface area contributed by atoms with E-state index < -0.39 is 0 Å². The molecule has 1 amide bonds. The van der Waals surface area contributed by atoms with Crippen LogP contribution in [0.2, 0.25) is 0 Å². The molecule has 0 saturated heterocycles. The van der Waals surface area contributed by atoms with Crippen LogP contribution in [0.4, 0.5) is 4.79 Å². The zero-order chi connectivity index (χ0) is 13.1. The lowest BCUT2D eigenvalue weighted by Gasteiger charge is -2.26. The Kier molecular flexibility index (Phi) is 3.18. The highest BCUT2D eigenvalue weighted by molar-refractivity contribution is 5.67. The van der Waals surface area contributed by atoms with Crippen LogP contribution in [0.25, 0.3) is 0 Å². The van der Waals surface area contributed by atoms with Crippen LogP contribution in [0.15, 0.2) is 42.7 Å². The van der Waals surface area contributed by atoms with Gasteiger partial charge in [0.2, 0.25) is 0 Å². The highest BCUT2D eigenvalue weighted by Crippen LogP contribution is 2.12. The number of rotatable bonds is 2. The van der Waals surface area contributed by atoms with E-state index in [1.807, 2.05) is 36.5 Å². The molecule has 5 heteroatoms. The lowest BCUT2D eigenvalue weighted by Crippen LogP contribution is -2.38. The molecule has 19 heavy (non-hydrogen) atoms. The quantitative estimate of drug-likeness (QED) is 0.827. The molecule has 1 aromatic carbocycles. The van der Waals surface area contributed by atoms with E-state index in [1.54, 1.807) is 11.1 Å². The highest BCUT2D eigenvalue weighted by Gasteiger charge is 2.22. The van der Waals surface area contributed by atoms with Crippen molar-refractivity contribution >= 4 is 6.09 Å². The van der Waals surface area contributed by atoms with Gasteiger partial charge in [0.15, 0.2) is 0 Å². The fraction of sp³-hybridized carbons (Fsp3) is 0.286. The third-order valence-corrected chi connectivity index (χ3v) is 3.21. The fourth-order valence-corrected chi connectivity index (χ4v) is 2.14. The summed E-state index contributed by atoms with van der Waals surface area (Å²) in [6, 6.07) is 9.68. The molecular weight excluding hydrogens is 242 g/mol. The summed E-state index contributed by atoms with van der Waals surface area (Å²) in [4.78, 5) is 17.9. The second kappa shape index (κ2) is 5.14. The lowest BCUT2D eigenvalue weighted by atomic mass is 10.2. The number of benzene rings is 1. The number of ether oxygens (including phenoxy) is 1. The fourth-order valence-electron chi connectivity index (χ4n) is 2.14. The summed E-state index contributed by atoms with van der Waals surface area (Å²) in [5.74, 6) is 0.905. The van der Waals surface area contributed by atoms with Gasteiger partial charge in [-0.2, -0.15) is 0 Å². The predicted molar refractivity (Wildman–Crippen MR) is 69.3 cm³/mol. The summed E-state index contributed by atoms with van der Waals surface area (Å²) in [6.07, 6.45) is 3.41. The van der Waals surface area contributed by atoms with E-state index in [2.05, 4.69) is 9.55 Å². The van der Waals surface area contributed by atoms with Gasteiger partial charge in [-0.15, -0.1) is 0 Å². The van der Waals surface area contributed by atoms with Crippen molar-refractivity contribution in [3.05, 3.63) is 54.1 Å². The Morgan fingerprint density at radius 1 is 1.26 bits per heavy atom. The second-order valence-electron chi connectivity index (χ2n) is 4.50. The number of carbonyl (C=O) groups is 1. The molecule has 0 saturated carbocycles. The number of fused-ring (bicyclic) bond motifs is 1. The third-order valence-electron chi connectivity index (χ3n) is 3.21. The first-order chi connectivity index (χ1) is 9.33. The van der Waals surface area contributed by atoms with Crippen molar-refractivity contribution in [3.8, 4) is 0 Å². The Balaban J connectivity index is 1.57. The van der Waals surface area contributed by atoms with Gasteiger partial charge in [0.25, 0.3) is 0 Å². The molecule has 2 aromatic rings. The summed E-state index contributed by atoms with van der Waals surface area (Å²) < 4.78 is 7.37. The number of hydrogen-bond donors (Lipinski definition) is 0.